The molecule has 0 aromatic heterocycles. The first kappa shape index (κ1) is 9.09. The van der Waals surface area contributed by atoms with Crippen LogP contribution in [-0.2, 0) is 0 Å². The highest BCUT2D eigenvalue weighted by Gasteiger charge is 1.94. The van der Waals surface area contributed by atoms with Gasteiger partial charge in [-0.25, -0.2) is 4.79 Å². The predicted octanol–water partition coefficient (Wildman–Crippen LogP) is 0.0978. The van der Waals surface area contributed by atoms with E-state index >= 15 is 0 Å². The third-order valence-electron chi connectivity index (χ3n) is 0.656. The van der Waals surface area contributed by atoms with Gasteiger partial charge < -0.3 is 15.5 Å². The molecule has 0 aliphatic carbocycles. The number of thiol groups is 1. The van der Waals surface area contributed by atoms with Crippen LogP contribution in [0, 0.1) is 0 Å². The van der Waals surface area contributed by atoms with Crippen LogP contribution in [0.15, 0.2) is 4.99 Å². The SMILES string of the molecule is O=C(O)O.SC1=NCCN1. The summed E-state index contributed by atoms with van der Waals surface area (Å²) in [5.74, 6) is 0. The van der Waals surface area contributed by atoms with Gasteiger partial charge in [-0.05, 0) is 0 Å². The van der Waals surface area contributed by atoms with E-state index in [1.165, 1.54) is 0 Å². The molecule has 0 radical (unpaired) electrons. The molecule has 0 amide bonds. The summed E-state index contributed by atoms with van der Waals surface area (Å²) in [4.78, 5) is 12.5. The van der Waals surface area contributed by atoms with Crippen molar-refractivity contribution in [1.29, 1.82) is 0 Å². The summed E-state index contributed by atoms with van der Waals surface area (Å²) in [5.41, 5.74) is 0. The summed E-state index contributed by atoms with van der Waals surface area (Å²) in [7, 11) is 0. The first-order chi connectivity index (χ1) is 4.63. The number of carboxylic acid groups (broad SMARTS) is 2. The number of nitrogens with zero attached hydrogens (tertiary/aromatic N) is 1. The second-order valence-electron chi connectivity index (χ2n) is 1.41. The molecular formula is C4H8N2O3S. The van der Waals surface area contributed by atoms with Crippen molar-refractivity contribution < 1.29 is 15.0 Å². The zero-order valence-corrected chi connectivity index (χ0v) is 6.01. The Morgan fingerprint density at radius 3 is 2.30 bits per heavy atom. The topological polar surface area (TPSA) is 81.9 Å². The number of nitrogens with one attached hydrogen (secondary N) is 1. The standard InChI is InChI=1S/C3H6N2S.CH2O3/c6-3-4-1-2-5-3;2-1(3)4/h1-2H2,(H2,4,5,6);(H2,2,3,4). The molecule has 3 N–H and O–H groups in total. The average molecular weight is 164 g/mol. The third-order valence-corrected chi connectivity index (χ3v) is 0.956. The lowest BCUT2D eigenvalue weighted by atomic mass is 10.7. The van der Waals surface area contributed by atoms with Crippen molar-refractivity contribution in [3.63, 3.8) is 0 Å². The molecular weight excluding hydrogens is 156 g/mol. The van der Waals surface area contributed by atoms with Gasteiger partial charge in [-0.1, -0.05) is 0 Å². The molecule has 0 bridgehead atoms. The minimum Gasteiger partial charge on any atom is -0.450 e. The lowest BCUT2D eigenvalue weighted by Crippen LogP contribution is -2.11. The van der Waals surface area contributed by atoms with Crippen molar-refractivity contribution in [2.24, 2.45) is 4.99 Å². The second kappa shape index (κ2) is 4.92. The quantitative estimate of drug-likeness (QED) is 0.383. The van der Waals surface area contributed by atoms with E-state index in [2.05, 4.69) is 22.9 Å². The van der Waals surface area contributed by atoms with E-state index in [4.69, 9.17) is 15.0 Å². The summed E-state index contributed by atoms with van der Waals surface area (Å²) in [6.07, 6.45) is -1.83. The summed E-state index contributed by atoms with van der Waals surface area (Å²) in [5, 5.41) is 17.7. The maximum Gasteiger partial charge on any atom is 0.503 e. The third kappa shape index (κ3) is 7.09. The van der Waals surface area contributed by atoms with Crippen molar-refractivity contribution in [1.82, 2.24) is 5.32 Å². The Hall–Kier alpha value is -0.910. The Labute approximate surface area is 63.2 Å². The van der Waals surface area contributed by atoms with Crippen LogP contribution in [-0.4, -0.2) is 34.6 Å². The summed E-state index contributed by atoms with van der Waals surface area (Å²) in [6, 6.07) is 0. The first-order valence-electron chi connectivity index (χ1n) is 2.52. The van der Waals surface area contributed by atoms with Gasteiger partial charge in [-0.15, -0.1) is 12.6 Å². The van der Waals surface area contributed by atoms with Crippen molar-refractivity contribution in [3.05, 3.63) is 0 Å². The monoisotopic (exact) mass is 164 g/mol. The van der Waals surface area contributed by atoms with Crippen LogP contribution in [0.4, 0.5) is 4.79 Å². The lowest BCUT2D eigenvalue weighted by Gasteiger charge is -1.84. The number of hydrogen-bond acceptors (Lipinski definition) is 3. The number of amidine groups is 1. The highest BCUT2D eigenvalue weighted by Crippen LogP contribution is 1.85. The van der Waals surface area contributed by atoms with E-state index in [0.29, 0.717) is 0 Å². The van der Waals surface area contributed by atoms with Gasteiger partial charge in [0.05, 0.1) is 6.54 Å². The lowest BCUT2D eigenvalue weighted by molar-refractivity contribution is 0.137. The molecule has 58 valence electrons. The van der Waals surface area contributed by atoms with Gasteiger partial charge in [0, 0.05) is 6.54 Å². The zero-order chi connectivity index (χ0) is 7.98. The number of aliphatic imine (C=N–C) groups is 1. The maximum absolute atomic E-state index is 8.56. The van der Waals surface area contributed by atoms with Gasteiger partial charge in [0.1, 0.15) is 0 Å². The predicted molar refractivity (Wildman–Crippen MR) is 39.9 cm³/mol. The van der Waals surface area contributed by atoms with E-state index in [1.54, 1.807) is 0 Å². The van der Waals surface area contributed by atoms with Crippen LogP contribution in [0.25, 0.3) is 0 Å². The number of hydrogen-bond donors (Lipinski definition) is 4. The molecule has 0 aromatic carbocycles. The van der Waals surface area contributed by atoms with Gasteiger partial charge in [0.2, 0.25) is 0 Å². The van der Waals surface area contributed by atoms with E-state index in [9.17, 15) is 0 Å². The average Bonchev–Trinajstić information content (AvgIpc) is 2.15. The Morgan fingerprint density at radius 1 is 1.70 bits per heavy atom. The van der Waals surface area contributed by atoms with E-state index in [-0.39, 0.29) is 0 Å². The molecule has 0 spiro atoms. The summed E-state index contributed by atoms with van der Waals surface area (Å²) < 4.78 is 0. The molecule has 0 atom stereocenters. The van der Waals surface area contributed by atoms with Crippen molar-refractivity contribution in [3.8, 4) is 0 Å². The minimum atomic E-state index is -1.83. The fourth-order valence-electron chi connectivity index (χ4n) is 0.385. The van der Waals surface area contributed by atoms with Crippen LogP contribution >= 0.6 is 12.6 Å². The number of carbonyl (C=O) groups is 1. The maximum atomic E-state index is 8.56. The fraction of sp³-hybridized carbons (Fsp3) is 0.500. The smallest absolute Gasteiger partial charge is 0.450 e. The van der Waals surface area contributed by atoms with E-state index in [0.717, 1.165) is 18.3 Å². The Kier molecular flexibility index (Phi) is 4.47. The second-order valence-corrected chi connectivity index (χ2v) is 1.84. The van der Waals surface area contributed by atoms with Gasteiger partial charge in [0.25, 0.3) is 0 Å². The molecule has 1 heterocycles. The molecule has 0 saturated heterocycles. The molecule has 0 aromatic rings. The first-order valence-corrected chi connectivity index (χ1v) is 2.97. The molecule has 6 heteroatoms. The van der Waals surface area contributed by atoms with Gasteiger partial charge in [0.15, 0.2) is 5.17 Å². The summed E-state index contributed by atoms with van der Waals surface area (Å²) in [6.45, 7) is 1.84. The van der Waals surface area contributed by atoms with Crippen LogP contribution in [0.2, 0.25) is 0 Å². The molecule has 10 heavy (non-hydrogen) atoms. The van der Waals surface area contributed by atoms with Gasteiger partial charge in [-0.2, -0.15) is 0 Å². The Bertz CT molecular complexity index is 143. The number of rotatable bonds is 0. The van der Waals surface area contributed by atoms with Gasteiger partial charge >= 0.3 is 6.16 Å². The molecule has 0 unspecified atom stereocenters. The Balaban J connectivity index is 0.000000180. The fourth-order valence-corrected chi connectivity index (χ4v) is 0.597. The van der Waals surface area contributed by atoms with Crippen LogP contribution in [0.1, 0.15) is 0 Å². The van der Waals surface area contributed by atoms with E-state index < -0.39 is 6.16 Å². The molecule has 1 rings (SSSR count). The molecule has 5 nitrogen and oxygen atoms in total. The van der Waals surface area contributed by atoms with Crippen molar-refractivity contribution in [2.45, 2.75) is 0 Å². The summed E-state index contributed by atoms with van der Waals surface area (Å²) >= 11 is 3.93. The minimum absolute atomic E-state index is 0.773. The molecule has 0 fully saturated rings. The Morgan fingerprint density at radius 2 is 2.20 bits per heavy atom. The van der Waals surface area contributed by atoms with Crippen LogP contribution in [0.3, 0.4) is 0 Å². The largest absolute Gasteiger partial charge is 0.503 e. The zero-order valence-electron chi connectivity index (χ0n) is 5.11. The van der Waals surface area contributed by atoms with E-state index in [1.807, 2.05) is 0 Å². The van der Waals surface area contributed by atoms with Crippen LogP contribution in [0.5, 0.6) is 0 Å². The molecule has 1 aliphatic heterocycles. The highest BCUT2D eigenvalue weighted by molar-refractivity contribution is 7.96. The van der Waals surface area contributed by atoms with Crippen LogP contribution < -0.4 is 5.32 Å². The molecule has 1 aliphatic rings. The van der Waals surface area contributed by atoms with Crippen molar-refractivity contribution in [2.75, 3.05) is 13.1 Å². The van der Waals surface area contributed by atoms with Gasteiger partial charge in [-0.3, -0.25) is 4.99 Å². The van der Waals surface area contributed by atoms with Crippen molar-refractivity contribution >= 4 is 24.0 Å². The molecule has 0 saturated carbocycles. The normalized spacial score (nSPS) is 14.3. The highest BCUT2D eigenvalue weighted by atomic mass is 32.1.